The van der Waals surface area contributed by atoms with Gasteiger partial charge in [0, 0.05) is 11.8 Å². The predicted octanol–water partition coefficient (Wildman–Crippen LogP) is 0.781. The highest BCUT2D eigenvalue weighted by Crippen LogP contribution is 2.12. The number of aromatic amines is 1. The van der Waals surface area contributed by atoms with Crippen LogP contribution < -0.4 is 10.5 Å². The molecule has 0 aromatic carbocycles. The molecule has 0 aliphatic rings. The Bertz CT molecular complexity index is 242. The zero-order chi connectivity index (χ0) is 7.56. The van der Waals surface area contributed by atoms with E-state index in [0.29, 0.717) is 5.88 Å². The minimum atomic E-state index is -0.800. The van der Waals surface area contributed by atoms with E-state index in [4.69, 9.17) is 5.73 Å². The Morgan fingerprint density at radius 3 is 2.90 bits per heavy atom. The second-order valence-electron chi connectivity index (χ2n) is 1.91. The van der Waals surface area contributed by atoms with Gasteiger partial charge < -0.3 is 15.5 Å². The van der Waals surface area contributed by atoms with Crippen LogP contribution in [0, 0.1) is 6.92 Å². The zero-order valence-electron chi connectivity index (χ0n) is 5.55. The molecule has 54 valence electrons. The highest BCUT2D eigenvalue weighted by atomic mass is 16.6. The first-order chi connectivity index (χ1) is 4.70. The van der Waals surface area contributed by atoms with Crippen LogP contribution in [0.2, 0.25) is 0 Å². The molecular formula is C6H8N2O2. The molecule has 0 fully saturated rings. The molecule has 4 nitrogen and oxygen atoms in total. The first kappa shape index (κ1) is 6.67. The summed E-state index contributed by atoms with van der Waals surface area (Å²) in [7, 11) is 0. The maximum Gasteiger partial charge on any atom is 0.411 e. The van der Waals surface area contributed by atoms with E-state index in [-0.39, 0.29) is 0 Å². The summed E-state index contributed by atoms with van der Waals surface area (Å²) in [6, 6.07) is 1.79. The molecule has 1 aromatic rings. The van der Waals surface area contributed by atoms with E-state index in [2.05, 4.69) is 9.72 Å². The number of carbonyl (C=O) groups excluding carboxylic acids is 1. The van der Waals surface area contributed by atoms with Gasteiger partial charge in [-0.1, -0.05) is 0 Å². The number of nitrogens with one attached hydrogen (secondary N) is 1. The average Bonchev–Trinajstić information content (AvgIpc) is 2.15. The fraction of sp³-hybridized carbons (Fsp3) is 0.167. The second kappa shape index (κ2) is 2.43. The molecule has 0 atom stereocenters. The van der Waals surface area contributed by atoms with Crippen molar-refractivity contribution in [3.8, 4) is 5.88 Å². The van der Waals surface area contributed by atoms with Crippen LogP contribution in [-0.4, -0.2) is 11.1 Å². The Morgan fingerprint density at radius 1 is 1.80 bits per heavy atom. The van der Waals surface area contributed by atoms with E-state index < -0.39 is 6.09 Å². The van der Waals surface area contributed by atoms with Gasteiger partial charge in [0.2, 0.25) is 5.88 Å². The zero-order valence-corrected chi connectivity index (χ0v) is 5.55. The van der Waals surface area contributed by atoms with Gasteiger partial charge in [-0.15, -0.1) is 0 Å². The molecule has 0 saturated carbocycles. The van der Waals surface area contributed by atoms with Crippen LogP contribution in [0.15, 0.2) is 12.3 Å². The summed E-state index contributed by atoms with van der Waals surface area (Å²) in [6.45, 7) is 1.81. The molecule has 0 unspecified atom stereocenters. The van der Waals surface area contributed by atoms with Crippen molar-refractivity contribution in [1.82, 2.24) is 4.98 Å². The monoisotopic (exact) mass is 140 g/mol. The first-order valence-corrected chi connectivity index (χ1v) is 2.81. The van der Waals surface area contributed by atoms with Crippen molar-refractivity contribution in [3.63, 3.8) is 0 Å². The van der Waals surface area contributed by atoms with Crippen molar-refractivity contribution >= 4 is 6.09 Å². The molecule has 0 aliphatic heterocycles. The highest BCUT2D eigenvalue weighted by Gasteiger charge is 2.01. The second-order valence-corrected chi connectivity index (χ2v) is 1.91. The van der Waals surface area contributed by atoms with Gasteiger partial charge in [0.25, 0.3) is 0 Å². The minimum absolute atomic E-state index is 0.410. The van der Waals surface area contributed by atoms with Gasteiger partial charge in [0.1, 0.15) is 0 Å². The van der Waals surface area contributed by atoms with Crippen molar-refractivity contribution in [2.24, 2.45) is 5.73 Å². The fourth-order valence-corrected chi connectivity index (χ4v) is 0.642. The first-order valence-electron chi connectivity index (χ1n) is 2.81. The van der Waals surface area contributed by atoms with Crippen molar-refractivity contribution < 1.29 is 9.53 Å². The van der Waals surface area contributed by atoms with Gasteiger partial charge in [-0.2, -0.15) is 0 Å². The maximum atomic E-state index is 10.2. The summed E-state index contributed by atoms with van der Waals surface area (Å²) in [4.78, 5) is 12.9. The predicted molar refractivity (Wildman–Crippen MR) is 35.7 cm³/mol. The van der Waals surface area contributed by atoms with Crippen molar-refractivity contribution in [1.29, 1.82) is 0 Å². The van der Waals surface area contributed by atoms with E-state index in [1.807, 2.05) is 6.92 Å². The molecule has 0 bridgehead atoms. The van der Waals surface area contributed by atoms with Gasteiger partial charge in [-0.25, -0.2) is 4.79 Å². The average molecular weight is 140 g/mol. The van der Waals surface area contributed by atoms with Gasteiger partial charge >= 0.3 is 6.09 Å². The van der Waals surface area contributed by atoms with Crippen LogP contribution in [0.3, 0.4) is 0 Å². The molecule has 1 amide bonds. The lowest BCUT2D eigenvalue weighted by molar-refractivity contribution is 0.209. The number of ether oxygens (including phenoxy) is 1. The Labute approximate surface area is 58.0 Å². The topological polar surface area (TPSA) is 68.1 Å². The third-order valence-electron chi connectivity index (χ3n) is 1.11. The summed E-state index contributed by atoms with van der Waals surface area (Å²) in [5.41, 5.74) is 5.63. The molecule has 10 heavy (non-hydrogen) atoms. The van der Waals surface area contributed by atoms with E-state index in [1.54, 1.807) is 12.3 Å². The lowest BCUT2D eigenvalue weighted by atomic mass is 10.4. The lowest BCUT2D eigenvalue weighted by Gasteiger charge is -1.96. The molecule has 1 heterocycles. The molecule has 0 aliphatic carbocycles. The van der Waals surface area contributed by atoms with Gasteiger partial charge in [0.05, 0.1) is 0 Å². The largest absolute Gasteiger partial charge is 0.411 e. The summed E-state index contributed by atoms with van der Waals surface area (Å²) in [6.07, 6.45) is 0.874. The number of primary amides is 1. The smallest absolute Gasteiger partial charge is 0.393 e. The molecule has 3 N–H and O–H groups in total. The van der Waals surface area contributed by atoms with Crippen LogP contribution in [0.5, 0.6) is 5.88 Å². The normalized spacial score (nSPS) is 9.30. The summed E-state index contributed by atoms with van der Waals surface area (Å²) < 4.78 is 4.57. The summed E-state index contributed by atoms with van der Waals surface area (Å²) in [5.74, 6) is 0.410. The molecular weight excluding hydrogens is 132 g/mol. The Morgan fingerprint density at radius 2 is 2.50 bits per heavy atom. The number of carbonyl (C=O) groups is 1. The van der Waals surface area contributed by atoms with Crippen molar-refractivity contribution in [3.05, 3.63) is 17.8 Å². The van der Waals surface area contributed by atoms with Crippen LogP contribution in [0.1, 0.15) is 5.56 Å². The molecule has 0 spiro atoms. The molecule has 1 aromatic heterocycles. The van der Waals surface area contributed by atoms with Gasteiger partial charge in [-0.3, -0.25) is 0 Å². The quantitative estimate of drug-likeness (QED) is 0.605. The van der Waals surface area contributed by atoms with E-state index in [1.165, 1.54) is 0 Å². The van der Waals surface area contributed by atoms with Crippen LogP contribution >= 0.6 is 0 Å². The number of rotatable bonds is 1. The number of aryl methyl sites for hydroxylation is 1. The van der Waals surface area contributed by atoms with Crippen LogP contribution in [-0.2, 0) is 0 Å². The number of nitrogens with two attached hydrogens (primary N) is 1. The van der Waals surface area contributed by atoms with E-state index in [9.17, 15) is 4.79 Å². The van der Waals surface area contributed by atoms with Crippen LogP contribution in [0.25, 0.3) is 0 Å². The molecule has 0 radical (unpaired) electrons. The van der Waals surface area contributed by atoms with Gasteiger partial charge in [0.15, 0.2) is 0 Å². The third kappa shape index (κ3) is 1.28. The van der Waals surface area contributed by atoms with Gasteiger partial charge in [-0.05, 0) is 13.0 Å². The SMILES string of the molecule is Cc1cc[nH]c1OC(N)=O. The summed E-state index contributed by atoms with van der Waals surface area (Å²) >= 11 is 0. The number of aromatic nitrogens is 1. The minimum Gasteiger partial charge on any atom is -0.393 e. The van der Waals surface area contributed by atoms with E-state index >= 15 is 0 Å². The molecule has 0 saturated heterocycles. The number of hydrogen-bond donors (Lipinski definition) is 2. The maximum absolute atomic E-state index is 10.2. The fourth-order valence-electron chi connectivity index (χ4n) is 0.642. The highest BCUT2D eigenvalue weighted by molar-refractivity contribution is 5.67. The Balaban J connectivity index is 2.74. The lowest BCUT2D eigenvalue weighted by Crippen LogP contribution is -2.16. The van der Waals surface area contributed by atoms with Crippen molar-refractivity contribution in [2.45, 2.75) is 6.92 Å². The Kier molecular flexibility index (Phi) is 1.62. The number of H-pyrrole nitrogens is 1. The van der Waals surface area contributed by atoms with Crippen molar-refractivity contribution in [2.75, 3.05) is 0 Å². The molecule has 1 rings (SSSR count). The number of amides is 1. The number of hydrogen-bond acceptors (Lipinski definition) is 2. The molecule has 4 heteroatoms. The van der Waals surface area contributed by atoms with E-state index in [0.717, 1.165) is 5.56 Å². The third-order valence-corrected chi connectivity index (χ3v) is 1.11. The summed E-state index contributed by atoms with van der Waals surface area (Å²) in [5, 5.41) is 0. The standard InChI is InChI=1S/C6H8N2O2/c1-4-2-3-8-5(4)10-6(7)9/h2-3,8H,1H3,(H2,7,9). The Hall–Kier alpha value is -1.45. The van der Waals surface area contributed by atoms with Crippen LogP contribution in [0.4, 0.5) is 4.79 Å².